The third kappa shape index (κ3) is 3.57. The van der Waals surface area contributed by atoms with Crippen LogP contribution in [-0.2, 0) is 4.79 Å². The molecule has 1 aromatic carbocycles. The number of hydrogen-bond donors (Lipinski definition) is 1. The Morgan fingerprint density at radius 1 is 1.33 bits per heavy atom. The average molecular weight is 338 g/mol. The first-order valence-electron chi connectivity index (χ1n) is 8.32. The molecule has 24 heavy (non-hydrogen) atoms. The number of aryl methyl sites for hydroxylation is 1. The molecule has 0 spiro atoms. The first kappa shape index (κ1) is 18.4. The fourth-order valence-electron chi connectivity index (χ4n) is 3.06. The number of amides is 2. The van der Waals surface area contributed by atoms with Gasteiger partial charge < -0.3 is 10.2 Å². The molecule has 1 unspecified atom stereocenters. The number of carbonyl (C=O) groups is 2. The zero-order valence-electron chi connectivity index (χ0n) is 14.4. The van der Waals surface area contributed by atoms with Crippen molar-refractivity contribution in [2.45, 2.75) is 40.0 Å². The summed E-state index contributed by atoms with van der Waals surface area (Å²) in [6, 6.07) is 2.41. The number of nitrogens with zero attached hydrogens (tertiary/aromatic N) is 1. The summed E-state index contributed by atoms with van der Waals surface area (Å²) >= 11 is 0. The van der Waals surface area contributed by atoms with Gasteiger partial charge in [-0.2, -0.15) is 0 Å². The van der Waals surface area contributed by atoms with Crippen molar-refractivity contribution in [2.24, 2.45) is 5.41 Å². The Morgan fingerprint density at radius 2 is 2.04 bits per heavy atom. The highest BCUT2D eigenvalue weighted by Crippen LogP contribution is 2.31. The predicted molar refractivity (Wildman–Crippen MR) is 87.6 cm³/mol. The van der Waals surface area contributed by atoms with Gasteiger partial charge in [-0.05, 0) is 44.7 Å². The Hall–Kier alpha value is -1.98. The molecule has 1 saturated heterocycles. The molecule has 0 radical (unpaired) electrons. The third-order valence-corrected chi connectivity index (χ3v) is 4.57. The summed E-state index contributed by atoms with van der Waals surface area (Å²) in [6.07, 6.45) is 2.09. The van der Waals surface area contributed by atoms with Crippen molar-refractivity contribution in [2.75, 3.05) is 19.6 Å². The van der Waals surface area contributed by atoms with Crippen LogP contribution in [0.25, 0.3) is 0 Å². The van der Waals surface area contributed by atoms with Gasteiger partial charge in [0.2, 0.25) is 5.91 Å². The van der Waals surface area contributed by atoms with Gasteiger partial charge in [0, 0.05) is 19.6 Å². The molecule has 132 valence electrons. The van der Waals surface area contributed by atoms with E-state index in [0.717, 1.165) is 12.5 Å². The Kier molecular flexibility index (Phi) is 5.57. The molecule has 1 aliphatic rings. The highest BCUT2D eigenvalue weighted by atomic mass is 19.1. The van der Waals surface area contributed by atoms with E-state index < -0.39 is 28.5 Å². The van der Waals surface area contributed by atoms with Gasteiger partial charge in [0.15, 0.2) is 0 Å². The van der Waals surface area contributed by atoms with Gasteiger partial charge in [-0.15, -0.1) is 0 Å². The molecule has 0 aromatic heterocycles. The maximum Gasteiger partial charge on any atom is 0.259 e. The molecule has 1 aromatic rings. The Morgan fingerprint density at radius 3 is 2.71 bits per heavy atom. The molecule has 4 nitrogen and oxygen atoms in total. The van der Waals surface area contributed by atoms with E-state index in [-0.39, 0.29) is 18.0 Å². The molecule has 1 atom stereocenters. The summed E-state index contributed by atoms with van der Waals surface area (Å²) in [5, 5.41) is 2.85. The molecule has 2 amide bonds. The lowest BCUT2D eigenvalue weighted by Crippen LogP contribution is -2.52. The van der Waals surface area contributed by atoms with Crippen molar-refractivity contribution in [3.05, 3.63) is 34.9 Å². The highest BCUT2D eigenvalue weighted by molar-refractivity contribution is 5.95. The smallest absolute Gasteiger partial charge is 0.259 e. The van der Waals surface area contributed by atoms with Crippen LogP contribution in [0.15, 0.2) is 12.1 Å². The van der Waals surface area contributed by atoms with Crippen LogP contribution in [-0.4, -0.2) is 36.3 Å². The number of benzene rings is 1. The molecule has 0 aliphatic carbocycles. The second-order valence-corrected chi connectivity index (χ2v) is 6.70. The largest absolute Gasteiger partial charge is 0.356 e. The van der Waals surface area contributed by atoms with Crippen molar-refractivity contribution >= 4 is 11.8 Å². The highest BCUT2D eigenvalue weighted by Gasteiger charge is 2.40. The number of carbonyl (C=O) groups excluding carboxylic acids is 2. The normalized spacial score (nSPS) is 20.8. The van der Waals surface area contributed by atoms with E-state index in [1.54, 1.807) is 6.92 Å². The van der Waals surface area contributed by atoms with E-state index in [4.69, 9.17) is 0 Å². The molecule has 6 heteroatoms. The quantitative estimate of drug-likeness (QED) is 0.917. The lowest BCUT2D eigenvalue weighted by Gasteiger charge is -2.39. The molecular weight excluding hydrogens is 314 g/mol. The number of likely N-dealkylation sites (tertiary alicyclic amines) is 1. The van der Waals surface area contributed by atoms with Crippen LogP contribution in [0.4, 0.5) is 8.78 Å². The van der Waals surface area contributed by atoms with Crippen LogP contribution in [0.3, 0.4) is 0 Å². The van der Waals surface area contributed by atoms with Gasteiger partial charge in [0.05, 0.1) is 5.41 Å². The van der Waals surface area contributed by atoms with Crippen molar-refractivity contribution in [1.29, 1.82) is 0 Å². The minimum atomic E-state index is -0.870. The number of nitrogens with one attached hydrogen (secondary N) is 1. The summed E-state index contributed by atoms with van der Waals surface area (Å²) in [5.74, 6) is -2.51. The third-order valence-electron chi connectivity index (χ3n) is 4.57. The van der Waals surface area contributed by atoms with Crippen LogP contribution >= 0.6 is 0 Å². The summed E-state index contributed by atoms with van der Waals surface area (Å²) in [4.78, 5) is 26.4. The lowest BCUT2D eigenvalue weighted by atomic mass is 9.80. The van der Waals surface area contributed by atoms with Gasteiger partial charge in [0.1, 0.15) is 17.2 Å². The standard InChI is InChI=1S/C18H24F2N2O2/c1-4-9-21-17(24)18(3)8-5-10-22(11-18)16(23)14-13(19)7-6-12(2)15(14)20/h6-7H,4-5,8-11H2,1-3H3,(H,21,24). The van der Waals surface area contributed by atoms with E-state index >= 15 is 0 Å². The van der Waals surface area contributed by atoms with E-state index in [9.17, 15) is 18.4 Å². The molecule has 1 aliphatic heterocycles. The lowest BCUT2D eigenvalue weighted by molar-refractivity contribution is -0.132. The van der Waals surface area contributed by atoms with E-state index in [0.29, 0.717) is 25.9 Å². The molecule has 1 N–H and O–H groups in total. The molecular formula is C18H24F2N2O2. The zero-order valence-corrected chi connectivity index (χ0v) is 14.4. The summed E-state index contributed by atoms with van der Waals surface area (Å²) in [5.41, 5.74) is -1.05. The van der Waals surface area contributed by atoms with Crippen LogP contribution < -0.4 is 5.32 Å². The van der Waals surface area contributed by atoms with Crippen molar-refractivity contribution < 1.29 is 18.4 Å². The fraction of sp³-hybridized carbons (Fsp3) is 0.556. The average Bonchev–Trinajstić information content (AvgIpc) is 2.56. The monoisotopic (exact) mass is 338 g/mol. The van der Waals surface area contributed by atoms with Crippen molar-refractivity contribution in [3.63, 3.8) is 0 Å². The van der Waals surface area contributed by atoms with E-state index in [1.165, 1.54) is 17.9 Å². The van der Waals surface area contributed by atoms with Crippen LogP contribution in [0, 0.1) is 24.0 Å². The van der Waals surface area contributed by atoms with Gasteiger partial charge in [0.25, 0.3) is 5.91 Å². The summed E-state index contributed by atoms with van der Waals surface area (Å²) in [7, 11) is 0. The number of rotatable bonds is 4. The second kappa shape index (κ2) is 7.28. The van der Waals surface area contributed by atoms with Gasteiger partial charge in [-0.3, -0.25) is 9.59 Å². The van der Waals surface area contributed by atoms with Crippen molar-refractivity contribution in [3.8, 4) is 0 Å². The van der Waals surface area contributed by atoms with Gasteiger partial charge in [-0.1, -0.05) is 13.0 Å². The minimum absolute atomic E-state index is 0.118. The second-order valence-electron chi connectivity index (χ2n) is 6.70. The maximum atomic E-state index is 14.2. The molecule has 1 heterocycles. The van der Waals surface area contributed by atoms with Gasteiger partial charge >= 0.3 is 0 Å². The zero-order chi connectivity index (χ0) is 17.9. The number of hydrogen-bond acceptors (Lipinski definition) is 2. The van der Waals surface area contributed by atoms with Crippen LogP contribution in [0.2, 0.25) is 0 Å². The summed E-state index contributed by atoms with van der Waals surface area (Å²) < 4.78 is 28.2. The van der Waals surface area contributed by atoms with Crippen LogP contribution in [0.5, 0.6) is 0 Å². The fourth-order valence-corrected chi connectivity index (χ4v) is 3.06. The van der Waals surface area contributed by atoms with E-state index in [2.05, 4.69) is 5.32 Å². The first-order chi connectivity index (χ1) is 11.3. The number of halogens is 2. The topological polar surface area (TPSA) is 49.4 Å². The molecule has 0 saturated carbocycles. The van der Waals surface area contributed by atoms with Gasteiger partial charge in [-0.25, -0.2) is 8.78 Å². The van der Waals surface area contributed by atoms with Crippen LogP contribution in [0.1, 0.15) is 49.0 Å². The predicted octanol–water partition coefficient (Wildman–Crippen LogP) is 3.04. The molecule has 0 bridgehead atoms. The summed E-state index contributed by atoms with van der Waals surface area (Å²) in [6.45, 7) is 6.37. The minimum Gasteiger partial charge on any atom is -0.356 e. The first-order valence-corrected chi connectivity index (χ1v) is 8.32. The maximum absolute atomic E-state index is 14.2. The van der Waals surface area contributed by atoms with Crippen molar-refractivity contribution in [1.82, 2.24) is 10.2 Å². The molecule has 1 fully saturated rings. The molecule has 2 rings (SSSR count). The van der Waals surface area contributed by atoms with E-state index in [1.807, 2.05) is 6.92 Å². The Bertz CT molecular complexity index is 648. The Balaban J connectivity index is 2.22. The SMILES string of the molecule is CCCNC(=O)C1(C)CCCN(C(=O)c2c(F)ccc(C)c2F)C1. The number of piperidine rings is 1. The Labute approximate surface area is 141 Å².